The van der Waals surface area contributed by atoms with E-state index in [-0.39, 0.29) is 11.3 Å². The molecule has 0 spiro atoms. The Hall–Kier alpha value is -3.19. The number of halogens is 1. The maximum absolute atomic E-state index is 11.7. The molecule has 0 saturated heterocycles. The number of amides is 1. The Balaban J connectivity index is 1.87. The number of esters is 1. The molecular formula is C17H13ClN2O5. The third-order valence-corrected chi connectivity index (χ3v) is 3.26. The van der Waals surface area contributed by atoms with Gasteiger partial charge in [0.05, 0.1) is 10.5 Å². The van der Waals surface area contributed by atoms with Gasteiger partial charge < -0.3 is 10.1 Å². The minimum atomic E-state index is -0.788. The number of para-hydroxylation sites is 1. The zero-order valence-corrected chi connectivity index (χ0v) is 13.6. The molecule has 7 nitrogen and oxygen atoms in total. The number of nitrogens with zero attached hydrogens (tertiary/aromatic N) is 1. The van der Waals surface area contributed by atoms with Crippen LogP contribution in [0.1, 0.15) is 5.56 Å². The van der Waals surface area contributed by atoms with Crippen LogP contribution in [0.25, 0.3) is 6.08 Å². The average Bonchev–Trinajstić information content (AvgIpc) is 2.60. The van der Waals surface area contributed by atoms with Gasteiger partial charge in [-0.3, -0.25) is 14.9 Å². The van der Waals surface area contributed by atoms with Gasteiger partial charge in [-0.15, -0.1) is 0 Å². The SMILES string of the molecule is O=C(COC(=O)/C=C/c1ccccc1[N+](=O)[O-])Nc1ccc(Cl)cc1. The van der Waals surface area contributed by atoms with Gasteiger partial charge in [0.25, 0.3) is 11.6 Å². The van der Waals surface area contributed by atoms with Gasteiger partial charge in [0.1, 0.15) is 0 Å². The van der Waals surface area contributed by atoms with Gasteiger partial charge in [-0.2, -0.15) is 0 Å². The standard InChI is InChI=1S/C17H13ClN2O5/c18-13-6-8-14(9-7-13)19-16(21)11-25-17(22)10-5-12-3-1-2-4-15(12)20(23)24/h1-10H,11H2,(H,19,21)/b10-5+. The monoisotopic (exact) mass is 360 g/mol. The molecule has 2 aromatic carbocycles. The number of ether oxygens (including phenoxy) is 1. The normalized spacial score (nSPS) is 10.4. The van der Waals surface area contributed by atoms with Crippen molar-refractivity contribution in [1.29, 1.82) is 0 Å². The zero-order chi connectivity index (χ0) is 18.2. The summed E-state index contributed by atoms with van der Waals surface area (Å²) in [7, 11) is 0. The molecule has 0 unspecified atom stereocenters. The molecule has 128 valence electrons. The van der Waals surface area contributed by atoms with E-state index in [0.29, 0.717) is 10.7 Å². The number of nitrogens with one attached hydrogen (secondary N) is 1. The van der Waals surface area contributed by atoms with Crippen LogP contribution in [0.2, 0.25) is 5.02 Å². The molecule has 1 amide bonds. The van der Waals surface area contributed by atoms with Gasteiger partial charge in [0, 0.05) is 22.9 Å². The first-order valence-corrected chi connectivity index (χ1v) is 7.47. The van der Waals surface area contributed by atoms with Crippen molar-refractivity contribution in [2.45, 2.75) is 0 Å². The molecule has 0 radical (unpaired) electrons. The first-order valence-electron chi connectivity index (χ1n) is 7.09. The summed E-state index contributed by atoms with van der Waals surface area (Å²) in [5.41, 5.74) is 0.642. The number of carbonyl (C=O) groups is 2. The second kappa shape index (κ2) is 8.60. The van der Waals surface area contributed by atoms with Crippen LogP contribution in [0.15, 0.2) is 54.6 Å². The van der Waals surface area contributed by atoms with E-state index in [1.807, 2.05) is 0 Å². The average molecular weight is 361 g/mol. The van der Waals surface area contributed by atoms with E-state index in [1.54, 1.807) is 30.3 Å². The maximum Gasteiger partial charge on any atom is 0.331 e. The molecule has 8 heteroatoms. The summed E-state index contributed by atoms with van der Waals surface area (Å²) in [6.07, 6.45) is 2.29. The van der Waals surface area contributed by atoms with Crippen molar-refractivity contribution in [3.05, 3.63) is 75.3 Å². The van der Waals surface area contributed by atoms with E-state index < -0.39 is 23.4 Å². The lowest BCUT2D eigenvalue weighted by molar-refractivity contribution is -0.385. The number of nitro groups is 1. The van der Waals surface area contributed by atoms with E-state index >= 15 is 0 Å². The zero-order valence-electron chi connectivity index (χ0n) is 12.8. The van der Waals surface area contributed by atoms with E-state index in [1.165, 1.54) is 24.3 Å². The predicted molar refractivity (Wildman–Crippen MR) is 93.2 cm³/mol. The molecule has 2 rings (SSSR count). The number of anilines is 1. The van der Waals surface area contributed by atoms with Crippen molar-refractivity contribution in [1.82, 2.24) is 0 Å². The number of rotatable bonds is 6. The molecule has 1 N–H and O–H groups in total. The molecule has 0 bridgehead atoms. The van der Waals surface area contributed by atoms with E-state index in [9.17, 15) is 19.7 Å². The lowest BCUT2D eigenvalue weighted by Gasteiger charge is -2.05. The Morgan fingerprint density at radius 3 is 2.52 bits per heavy atom. The predicted octanol–water partition coefficient (Wildman–Crippen LogP) is 3.44. The third kappa shape index (κ3) is 5.74. The quantitative estimate of drug-likeness (QED) is 0.368. The largest absolute Gasteiger partial charge is 0.452 e. The second-order valence-electron chi connectivity index (χ2n) is 4.81. The van der Waals surface area contributed by atoms with Gasteiger partial charge in [0.15, 0.2) is 6.61 Å². The second-order valence-corrected chi connectivity index (χ2v) is 5.25. The van der Waals surface area contributed by atoms with Crippen LogP contribution in [0.5, 0.6) is 0 Å². The first-order chi connectivity index (χ1) is 12.0. The molecular weight excluding hydrogens is 348 g/mol. The van der Waals surface area contributed by atoms with Gasteiger partial charge in [-0.1, -0.05) is 23.7 Å². The number of nitro benzene ring substituents is 1. The van der Waals surface area contributed by atoms with Gasteiger partial charge in [-0.25, -0.2) is 4.79 Å². The summed E-state index contributed by atoms with van der Waals surface area (Å²) in [5.74, 6) is -1.31. The summed E-state index contributed by atoms with van der Waals surface area (Å²) in [6.45, 7) is -0.483. The summed E-state index contributed by atoms with van der Waals surface area (Å²) in [6, 6.07) is 12.4. The third-order valence-electron chi connectivity index (χ3n) is 3.01. The highest BCUT2D eigenvalue weighted by molar-refractivity contribution is 6.30. The smallest absolute Gasteiger partial charge is 0.331 e. The molecule has 0 aromatic heterocycles. The van der Waals surface area contributed by atoms with Crippen molar-refractivity contribution in [2.24, 2.45) is 0 Å². The van der Waals surface area contributed by atoms with Crippen LogP contribution in [0.3, 0.4) is 0 Å². The van der Waals surface area contributed by atoms with Gasteiger partial charge >= 0.3 is 5.97 Å². The van der Waals surface area contributed by atoms with Crippen LogP contribution in [0, 0.1) is 10.1 Å². The summed E-state index contributed by atoms with van der Waals surface area (Å²) >= 11 is 5.74. The van der Waals surface area contributed by atoms with Gasteiger partial charge in [0.2, 0.25) is 0 Å². The lowest BCUT2D eigenvalue weighted by atomic mass is 10.1. The highest BCUT2D eigenvalue weighted by Crippen LogP contribution is 2.19. The first kappa shape index (κ1) is 18.2. The van der Waals surface area contributed by atoms with Crippen molar-refractivity contribution in [3.63, 3.8) is 0 Å². The molecule has 0 fully saturated rings. The minimum absolute atomic E-state index is 0.132. The van der Waals surface area contributed by atoms with Crippen LogP contribution in [-0.4, -0.2) is 23.4 Å². The lowest BCUT2D eigenvalue weighted by Crippen LogP contribution is -2.20. The Morgan fingerprint density at radius 2 is 1.84 bits per heavy atom. The molecule has 0 saturated carbocycles. The Labute approximate surface area is 148 Å². The Morgan fingerprint density at radius 1 is 1.16 bits per heavy atom. The maximum atomic E-state index is 11.7. The number of hydrogen-bond acceptors (Lipinski definition) is 5. The van der Waals surface area contributed by atoms with Crippen LogP contribution in [-0.2, 0) is 14.3 Å². The molecule has 0 atom stereocenters. The molecule has 0 heterocycles. The fraction of sp³-hybridized carbons (Fsp3) is 0.0588. The van der Waals surface area contributed by atoms with Crippen LogP contribution in [0.4, 0.5) is 11.4 Å². The molecule has 25 heavy (non-hydrogen) atoms. The fourth-order valence-electron chi connectivity index (χ4n) is 1.87. The van der Waals surface area contributed by atoms with E-state index in [2.05, 4.69) is 5.32 Å². The highest BCUT2D eigenvalue weighted by Gasteiger charge is 2.10. The number of hydrogen-bond donors (Lipinski definition) is 1. The summed E-state index contributed by atoms with van der Waals surface area (Å²) in [5, 5.41) is 13.9. The summed E-state index contributed by atoms with van der Waals surface area (Å²) in [4.78, 5) is 33.6. The highest BCUT2D eigenvalue weighted by atomic mass is 35.5. The Kier molecular flexibility index (Phi) is 6.25. The molecule has 0 aliphatic carbocycles. The molecule has 0 aliphatic rings. The van der Waals surface area contributed by atoms with E-state index in [0.717, 1.165) is 6.08 Å². The fourth-order valence-corrected chi connectivity index (χ4v) is 1.99. The number of carbonyl (C=O) groups excluding carboxylic acids is 2. The minimum Gasteiger partial charge on any atom is -0.452 e. The van der Waals surface area contributed by atoms with E-state index in [4.69, 9.17) is 16.3 Å². The van der Waals surface area contributed by atoms with Crippen molar-refractivity contribution in [2.75, 3.05) is 11.9 Å². The molecule has 2 aromatic rings. The van der Waals surface area contributed by atoms with Crippen molar-refractivity contribution >= 4 is 40.9 Å². The number of benzene rings is 2. The van der Waals surface area contributed by atoms with Crippen molar-refractivity contribution in [3.8, 4) is 0 Å². The van der Waals surface area contributed by atoms with Gasteiger partial charge in [-0.05, 0) is 36.4 Å². The molecule has 0 aliphatic heterocycles. The van der Waals surface area contributed by atoms with Crippen molar-refractivity contribution < 1.29 is 19.2 Å². The Bertz CT molecular complexity index is 818. The summed E-state index contributed by atoms with van der Waals surface area (Å²) < 4.78 is 4.79. The van der Waals surface area contributed by atoms with Crippen LogP contribution < -0.4 is 5.32 Å². The topological polar surface area (TPSA) is 98.5 Å². The van der Waals surface area contributed by atoms with Crippen LogP contribution >= 0.6 is 11.6 Å².